The molecule has 0 fully saturated rings. The molecule has 36 heavy (non-hydrogen) atoms. The fraction of sp³-hybridized carbons (Fsp3) is 0.971. The smallest absolute Gasteiger partial charge is 0.303 e. The molecule has 0 unspecified atom stereocenters. The number of carbonyl (C=O) groups is 1. The molecule has 0 amide bonds. The molecular formula is C34H70O2. The number of aliphatic carboxylic acids is 1. The molecule has 1 N–H and O–H groups in total. The van der Waals surface area contributed by atoms with Crippen molar-refractivity contribution < 1.29 is 9.90 Å². The van der Waals surface area contributed by atoms with Gasteiger partial charge in [-0.1, -0.05) is 201 Å². The summed E-state index contributed by atoms with van der Waals surface area (Å²) in [5.41, 5.74) is 0. The van der Waals surface area contributed by atoms with Crippen LogP contribution < -0.4 is 0 Å². The van der Waals surface area contributed by atoms with Crippen LogP contribution in [0.25, 0.3) is 0 Å². The predicted octanol–water partition coefficient (Wildman–Crippen LogP) is 12.8. The molecular weight excluding hydrogens is 440 g/mol. The van der Waals surface area contributed by atoms with E-state index in [4.69, 9.17) is 5.11 Å². The fourth-order valence-electron chi connectivity index (χ4n) is 4.92. The second-order valence-corrected chi connectivity index (χ2v) is 11.3. The van der Waals surface area contributed by atoms with Gasteiger partial charge in [0.2, 0.25) is 0 Å². The first-order chi connectivity index (χ1) is 17.7. The molecule has 0 aliphatic heterocycles. The lowest BCUT2D eigenvalue weighted by Gasteiger charge is -2.02. The van der Waals surface area contributed by atoms with Crippen molar-refractivity contribution in [2.45, 2.75) is 213 Å². The van der Waals surface area contributed by atoms with Crippen LogP contribution in [0.3, 0.4) is 0 Å². The van der Waals surface area contributed by atoms with Crippen LogP contribution in [-0.2, 0) is 4.79 Å². The van der Waals surface area contributed by atoms with Crippen LogP contribution in [0, 0.1) is 0 Å². The van der Waals surface area contributed by atoms with E-state index in [2.05, 4.69) is 20.8 Å². The maximum absolute atomic E-state index is 10.3. The lowest BCUT2D eigenvalue weighted by molar-refractivity contribution is -0.137. The van der Waals surface area contributed by atoms with Crippen LogP contribution in [-0.4, -0.2) is 11.1 Å². The predicted molar refractivity (Wildman–Crippen MR) is 163 cm³/mol. The normalized spacial score (nSPS) is 10.9. The van der Waals surface area contributed by atoms with Gasteiger partial charge in [0.05, 0.1) is 0 Å². The minimum absolute atomic E-state index is 0.345. The Bertz CT molecular complexity index is 365. The summed E-state index contributed by atoms with van der Waals surface area (Å²) in [4.78, 5) is 10.3. The maximum Gasteiger partial charge on any atom is 0.303 e. The molecule has 0 saturated carbocycles. The third-order valence-corrected chi connectivity index (χ3v) is 7.45. The van der Waals surface area contributed by atoms with Gasteiger partial charge >= 0.3 is 5.97 Å². The summed E-state index contributed by atoms with van der Waals surface area (Å²) in [5, 5.41) is 8.50. The first-order valence-electron chi connectivity index (χ1n) is 16.9. The van der Waals surface area contributed by atoms with Crippen LogP contribution in [0.1, 0.15) is 213 Å². The zero-order valence-electron chi connectivity index (χ0n) is 25.6. The van der Waals surface area contributed by atoms with Gasteiger partial charge in [-0.15, -0.1) is 0 Å². The number of hydrogen-bond acceptors (Lipinski definition) is 1. The van der Waals surface area contributed by atoms with E-state index in [0.29, 0.717) is 6.42 Å². The van der Waals surface area contributed by atoms with Gasteiger partial charge < -0.3 is 5.11 Å². The lowest BCUT2D eigenvalue weighted by atomic mass is 10.0. The number of hydrogen-bond donors (Lipinski definition) is 1. The van der Waals surface area contributed by atoms with E-state index in [1.165, 1.54) is 173 Å². The molecule has 0 aromatic heterocycles. The summed E-state index contributed by atoms with van der Waals surface area (Å²) >= 11 is 0. The average Bonchev–Trinajstić information content (AvgIpc) is 2.87. The topological polar surface area (TPSA) is 37.3 Å². The number of carboxylic acid groups (broad SMARTS) is 1. The Morgan fingerprint density at radius 2 is 0.500 bits per heavy atom. The Labute approximate surface area is 229 Å². The number of rotatable bonds is 29. The van der Waals surface area contributed by atoms with Crippen molar-refractivity contribution in [3.8, 4) is 0 Å². The largest absolute Gasteiger partial charge is 0.481 e. The first kappa shape index (κ1) is 37.6. The number of unbranched alkanes of at least 4 members (excludes halogenated alkanes) is 27. The number of carboxylic acids is 1. The molecule has 0 aromatic carbocycles. The maximum atomic E-state index is 10.3. The Morgan fingerprint density at radius 3 is 0.667 bits per heavy atom. The third kappa shape index (κ3) is 40.6. The molecule has 218 valence electrons. The van der Waals surface area contributed by atoms with Gasteiger partial charge in [0, 0.05) is 6.42 Å². The van der Waals surface area contributed by atoms with Crippen molar-refractivity contribution in [1.29, 1.82) is 0 Å². The highest BCUT2D eigenvalue weighted by atomic mass is 16.4. The molecule has 0 radical (unpaired) electrons. The second-order valence-electron chi connectivity index (χ2n) is 11.3. The quantitative estimate of drug-likeness (QED) is 0.102. The highest BCUT2D eigenvalue weighted by molar-refractivity contribution is 5.66. The molecule has 0 rings (SSSR count). The van der Waals surface area contributed by atoms with Gasteiger partial charge in [0.25, 0.3) is 0 Å². The van der Waals surface area contributed by atoms with E-state index in [9.17, 15) is 4.79 Å². The summed E-state index contributed by atoms with van der Waals surface area (Å²) in [6.45, 7) is 6.85. The van der Waals surface area contributed by atoms with Crippen molar-refractivity contribution in [2.75, 3.05) is 0 Å². The molecule has 0 heterocycles. The average molecular weight is 511 g/mol. The van der Waals surface area contributed by atoms with Crippen molar-refractivity contribution >= 4 is 5.97 Å². The molecule has 0 saturated heterocycles. The Hall–Kier alpha value is -0.530. The van der Waals surface area contributed by atoms with Gasteiger partial charge in [-0.25, -0.2) is 0 Å². The highest BCUT2D eigenvalue weighted by Gasteiger charge is 1.97. The zero-order chi connectivity index (χ0) is 26.8. The molecule has 0 bridgehead atoms. The van der Waals surface area contributed by atoms with E-state index >= 15 is 0 Å². The van der Waals surface area contributed by atoms with Crippen LogP contribution in [0.15, 0.2) is 0 Å². The van der Waals surface area contributed by atoms with Crippen LogP contribution in [0.2, 0.25) is 0 Å². The Balaban J connectivity index is 0. The van der Waals surface area contributed by atoms with Crippen molar-refractivity contribution in [3.63, 3.8) is 0 Å². The van der Waals surface area contributed by atoms with E-state index in [0.717, 1.165) is 12.8 Å². The summed E-state index contributed by atoms with van der Waals surface area (Å²) < 4.78 is 0. The molecule has 0 aliphatic carbocycles. The van der Waals surface area contributed by atoms with E-state index in [1.54, 1.807) is 0 Å². The lowest BCUT2D eigenvalue weighted by Crippen LogP contribution is -1.93. The molecule has 2 nitrogen and oxygen atoms in total. The summed E-state index contributed by atoms with van der Waals surface area (Å²) in [7, 11) is 0. The van der Waals surface area contributed by atoms with E-state index in [-0.39, 0.29) is 0 Å². The van der Waals surface area contributed by atoms with Gasteiger partial charge in [0.15, 0.2) is 0 Å². The SMILES string of the molecule is CCCCCCCCCCCCCCCCC.CCCCCCCCCCCCCCCCC(=O)O. The minimum atomic E-state index is -0.654. The van der Waals surface area contributed by atoms with Crippen LogP contribution >= 0.6 is 0 Å². The van der Waals surface area contributed by atoms with Gasteiger partial charge in [-0.2, -0.15) is 0 Å². The summed E-state index contributed by atoms with van der Waals surface area (Å²) in [5.74, 6) is -0.654. The molecule has 0 atom stereocenters. The summed E-state index contributed by atoms with van der Waals surface area (Å²) in [6, 6.07) is 0. The second kappa shape index (κ2) is 36.6. The van der Waals surface area contributed by atoms with Crippen LogP contribution in [0.4, 0.5) is 0 Å². The highest BCUT2D eigenvalue weighted by Crippen LogP contribution is 2.14. The van der Waals surface area contributed by atoms with E-state index < -0.39 is 5.97 Å². The van der Waals surface area contributed by atoms with Crippen LogP contribution in [0.5, 0.6) is 0 Å². The minimum Gasteiger partial charge on any atom is -0.481 e. The molecule has 0 aromatic rings. The molecule has 0 aliphatic rings. The third-order valence-electron chi connectivity index (χ3n) is 7.45. The zero-order valence-corrected chi connectivity index (χ0v) is 25.6. The fourth-order valence-corrected chi connectivity index (χ4v) is 4.92. The van der Waals surface area contributed by atoms with Crippen molar-refractivity contribution in [1.82, 2.24) is 0 Å². The molecule has 2 heteroatoms. The standard InChI is InChI=1S/C17H34O2.C17H36/c1-2-3-4-5-6-7-8-9-10-11-12-13-14-15-16-17(18)19;1-3-5-7-9-11-13-15-17-16-14-12-10-8-6-4-2/h2-16H2,1H3,(H,18,19);3-17H2,1-2H3. The van der Waals surface area contributed by atoms with Gasteiger partial charge in [0.1, 0.15) is 0 Å². The monoisotopic (exact) mass is 511 g/mol. The van der Waals surface area contributed by atoms with Gasteiger partial charge in [-0.05, 0) is 6.42 Å². The summed E-state index contributed by atoms with van der Waals surface area (Å²) in [6.07, 6.45) is 40.6. The Kier molecular flexibility index (Phi) is 38.3. The molecule has 0 spiro atoms. The van der Waals surface area contributed by atoms with Crippen molar-refractivity contribution in [2.24, 2.45) is 0 Å². The van der Waals surface area contributed by atoms with E-state index in [1.807, 2.05) is 0 Å². The van der Waals surface area contributed by atoms with Gasteiger partial charge in [-0.3, -0.25) is 4.79 Å². The van der Waals surface area contributed by atoms with Crippen molar-refractivity contribution in [3.05, 3.63) is 0 Å². The first-order valence-corrected chi connectivity index (χ1v) is 16.9. The Morgan fingerprint density at radius 1 is 0.333 bits per heavy atom.